The van der Waals surface area contributed by atoms with Crippen LogP contribution in [0, 0.1) is 5.92 Å². The normalized spacial score (nSPS) is 21.1. The number of nitrogens with one attached hydrogen (secondary N) is 2. The van der Waals surface area contributed by atoms with Crippen LogP contribution in [0.4, 0.5) is 0 Å². The molecule has 3 N–H and O–H groups in total. The van der Waals surface area contributed by atoms with Gasteiger partial charge in [-0.3, -0.25) is 4.79 Å². The predicted octanol–water partition coefficient (Wildman–Crippen LogP) is -1.28. The van der Waals surface area contributed by atoms with E-state index in [-0.39, 0.29) is 18.4 Å². The van der Waals surface area contributed by atoms with Gasteiger partial charge in [-0.15, -0.1) is 0 Å². The lowest BCUT2D eigenvalue weighted by Crippen LogP contribution is -2.34. The molecule has 1 unspecified atom stereocenters. The Kier molecular flexibility index (Phi) is 5.51. The molecule has 14 heavy (non-hydrogen) atoms. The highest BCUT2D eigenvalue weighted by atomic mass is 16.5. The summed E-state index contributed by atoms with van der Waals surface area (Å²) in [6, 6.07) is 0. The maximum atomic E-state index is 11.4. The molecule has 1 rings (SSSR count). The van der Waals surface area contributed by atoms with Gasteiger partial charge in [0, 0.05) is 13.1 Å². The Labute approximate surface area is 83.8 Å². The SMILES string of the molecule is O=C(NCCOCCO)C1CCNC1. The van der Waals surface area contributed by atoms with Crippen molar-refractivity contribution in [2.75, 3.05) is 39.5 Å². The quantitative estimate of drug-likeness (QED) is 0.469. The average molecular weight is 202 g/mol. The number of aliphatic hydroxyl groups is 1. The Morgan fingerprint density at radius 3 is 3.07 bits per heavy atom. The number of hydrogen-bond donors (Lipinski definition) is 3. The molecule has 0 aliphatic carbocycles. The lowest BCUT2D eigenvalue weighted by atomic mass is 10.1. The highest BCUT2D eigenvalue weighted by Gasteiger charge is 2.21. The summed E-state index contributed by atoms with van der Waals surface area (Å²) in [6.07, 6.45) is 0.920. The molecule has 0 aromatic heterocycles. The molecule has 82 valence electrons. The van der Waals surface area contributed by atoms with Crippen molar-refractivity contribution >= 4 is 5.91 Å². The number of amides is 1. The van der Waals surface area contributed by atoms with E-state index in [1.807, 2.05) is 0 Å². The molecule has 5 nitrogen and oxygen atoms in total. The fraction of sp³-hybridized carbons (Fsp3) is 0.889. The van der Waals surface area contributed by atoms with Gasteiger partial charge in [0.2, 0.25) is 5.91 Å². The first-order valence-corrected chi connectivity index (χ1v) is 5.01. The average Bonchev–Trinajstić information content (AvgIpc) is 2.70. The molecule has 1 atom stereocenters. The van der Waals surface area contributed by atoms with Crippen molar-refractivity contribution in [3.05, 3.63) is 0 Å². The molecule has 1 aliphatic heterocycles. The molecular weight excluding hydrogens is 184 g/mol. The summed E-state index contributed by atoms with van der Waals surface area (Å²) >= 11 is 0. The van der Waals surface area contributed by atoms with Crippen molar-refractivity contribution in [2.24, 2.45) is 5.92 Å². The van der Waals surface area contributed by atoms with Gasteiger partial charge in [-0.1, -0.05) is 0 Å². The summed E-state index contributed by atoms with van der Waals surface area (Å²) in [5.41, 5.74) is 0. The number of carbonyl (C=O) groups is 1. The minimum atomic E-state index is 0.0283. The second-order valence-electron chi connectivity index (χ2n) is 3.32. The van der Waals surface area contributed by atoms with Gasteiger partial charge >= 0.3 is 0 Å². The standard InChI is InChI=1S/C9H18N2O3/c12-4-6-14-5-3-11-9(13)8-1-2-10-7-8/h8,10,12H,1-7H2,(H,11,13). The number of aliphatic hydroxyl groups excluding tert-OH is 1. The molecule has 0 aromatic rings. The highest BCUT2D eigenvalue weighted by molar-refractivity contribution is 5.79. The molecule has 0 spiro atoms. The third-order valence-electron chi connectivity index (χ3n) is 2.21. The molecule has 1 saturated heterocycles. The first kappa shape index (κ1) is 11.4. The summed E-state index contributed by atoms with van der Waals surface area (Å²) in [7, 11) is 0. The fourth-order valence-electron chi connectivity index (χ4n) is 1.44. The highest BCUT2D eigenvalue weighted by Crippen LogP contribution is 2.06. The molecule has 0 bridgehead atoms. The number of ether oxygens (including phenoxy) is 1. The van der Waals surface area contributed by atoms with E-state index in [0.29, 0.717) is 19.8 Å². The lowest BCUT2D eigenvalue weighted by molar-refractivity contribution is -0.124. The molecule has 1 aliphatic rings. The van der Waals surface area contributed by atoms with Crippen LogP contribution < -0.4 is 10.6 Å². The second kappa shape index (κ2) is 6.75. The molecule has 1 heterocycles. The lowest BCUT2D eigenvalue weighted by Gasteiger charge is -2.09. The van der Waals surface area contributed by atoms with E-state index < -0.39 is 0 Å². The van der Waals surface area contributed by atoms with E-state index in [2.05, 4.69) is 10.6 Å². The number of carbonyl (C=O) groups excluding carboxylic acids is 1. The number of hydrogen-bond acceptors (Lipinski definition) is 4. The zero-order chi connectivity index (χ0) is 10.2. The van der Waals surface area contributed by atoms with Crippen LogP contribution in [0.3, 0.4) is 0 Å². The van der Waals surface area contributed by atoms with E-state index in [1.54, 1.807) is 0 Å². The largest absolute Gasteiger partial charge is 0.394 e. The van der Waals surface area contributed by atoms with Gasteiger partial charge in [0.25, 0.3) is 0 Å². The minimum Gasteiger partial charge on any atom is -0.394 e. The van der Waals surface area contributed by atoms with Crippen LogP contribution in [-0.4, -0.2) is 50.5 Å². The van der Waals surface area contributed by atoms with E-state index in [9.17, 15) is 4.79 Å². The van der Waals surface area contributed by atoms with Gasteiger partial charge < -0.3 is 20.5 Å². The van der Waals surface area contributed by atoms with Crippen molar-refractivity contribution in [1.82, 2.24) is 10.6 Å². The maximum absolute atomic E-state index is 11.4. The fourth-order valence-corrected chi connectivity index (χ4v) is 1.44. The molecule has 5 heteroatoms. The van der Waals surface area contributed by atoms with Crippen molar-refractivity contribution in [2.45, 2.75) is 6.42 Å². The molecule has 0 saturated carbocycles. The van der Waals surface area contributed by atoms with E-state index >= 15 is 0 Å². The van der Waals surface area contributed by atoms with Gasteiger partial charge in [-0.05, 0) is 13.0 Å². The van der Waals surface area contributed by atoms with Crippen molar-refractivity contribution in [3.8, 4) is 0 Å². The molecule has 1 fully saturated rings. The van der Waals surface area contributed by atoms with Crippen LogP contribution in [0.15, 0.2) is 0 Å². The minimum absolute atomic E-state index is 0.0283. The van der Waals surface area contributed by atoms with Crippen molar-refractivity contribution < 1.29 is 14.6 Å². The third kappa shape index (κ3) is 4.04. The summed E-state index contributed by atoms with van der Waals surface area (Å²) in [4.78, 5) is 11.4. The van der Waals surface area contributed by atoms with E-state index in [1.165, 1.54) is 0 Å². The monoisotopic (exact) mass is 202 g/mol. The van der Waals surface area contributed by atoms with Crippen LogP contribution in [0.1, 0.15) is 6.42 Å². The Hall–Kier alpha value is -0.650. The third-order valence-corrected chi connectivity index (χ3v) is 2.21. The van der Waals surface area contributed by atoms with Crippen LogP contribution in [0.2, 0.25) is 0 Å². The van der Waals surface area contributed by atoms with Gasteiger partial charge in [-0.25, -0.2) is 0 Å². The summed E-state index contributed by atoms with van der Waals surface area (Å²) in [5.74, 6) is 0.218. The first-order valence-electron chi connectivity index (χ1n) is 5.01. The second-order valence-corrected chi connectivity index (χ2v) is 3.32. The zero-order valence-corrected chi connectivity index (χ0v) is 8.29. The van der Waals surface area contributed by atoms with E-state index in [4.69, 9.17) is 9.84 Å². The van der Waals surface area contributed by atoms with Crippen LogP contribution >= 0.6 is 0 Å². The maximum Gasteiger partial charge on any atom is 0.224 e. The van der Waals surface area contributed by atoms with Crippen LogP contribution in [-0.2, 0) is 9.53 Å². The molecule has 0 radical (unpaired) electrons. The number of rotatable bonds is 6. The van der Waals surface area contributed by atoms with Gasteiger partial charge in [-0.2, -0.15) is 0 Å². The van der Waals surface area contributed by atoms with Gasteiger partial charge in [0.15, 0.2) is 0 Å². The Morgan fingerprint density at radius 1 is 1.57 bits per heavy atom. The molecule has 1 amide bonds. The summed E-state index contributed by atoms with van der Waals surface area (Å²) in [6.45, 7) is 3.06. The van der Waals surface area contributed by atoms with E-state index in [0.717, 1.165) is 19.5 Å². The van der Waals surface area contributed by atoms with Crippen molar-refractivity contribution in [1.29, 1.82) is 0 Å². The first-order chi connectivity index (χ1) is 6.84. The molecular formula is C9H18N2O3. The molecule has 0 aromatic carbocycles. The zero-order valence-electron chi connectivity index (χ0n) is 8.29. The van der Waals surface area contributed by atoms with Crippen molar-refractivity contribution in [3.63, 3.8) is 0 Å². The van der Waals surface area contributed by atoms with Crippen LogP contribution in [0.25, 0.3) is 0 Å². The topological polar surface area (TPSA) is 70.6 Å². The Morgan fingerprint density at radius 2 is 2.43 bits per heavy atom. The summed E-state index contributed by atoms with van der Waals surface area (Å²) in [5, 5.41) is 14.4. The smallest absolute Gasteiger partial charge is 0.224 e. The van der Waals surface area contributed by atoms with Gasteiger partial charge in [0.1, 0.15) is 0 Å². The van der Waals surface area contributed by atoms with Crippen LogP contribution in [0.5, 0.6) is 0 Å². The predicted molar refractivity (Wildman–Crippen MR) is 51.9 cm³/mol. The Bertz CT molecular complexity index is 169. The van der Waals surface area contributed by atoms with Gasteiger partial charge in [0.05, 0.1) is 25.7 Å². The Balaban J connectivity index is 1.97. The summed E-state index contributed by atoms with van der Waals surface area (Å²) < 4.78 is 5.02.